The minimum Gasteiger partial charge on any atom is -0.469 e. The summed E-state index contributed by atoms with van der Waals surface area (Å²) in [6.07, 6.45) is 2.43. The Morgan fingerprint density at radius 1 is 1.42 bits per heavy atom. The minimum atomic E-state index is -0.374. The van der Waals surface area contributed by atoms with E-state index in [1.54, 1.807) is 11.2 Å². The number of nitrogens with zero attached hydrogens (tertiary/aromatic N) is 2. The number of carbonyl (C=O) groups excluding carboxylic acids is 2. The molecule has 26 heavy (non-hydrogen) atoms. The summed E-state index contributed by atoms with van der Waals surface area (Å²) in [6.45, 7) is 0.817. The average molecular weight is 417 g/mol. The molecule has 0 bridgehead atoms. The van der Waals surface area contributed by atoms with E-state index >= 15 is 0 Å². The van der Waals surface area contributed by atoms with Crippen molar-refractivity contribution in [3.8, 4) is 0 Å². The summed E-state index contributed by atoms with van der Waals surface area (Å²) >= 11 is 3.42. The summed E-state index contributed by atoms with van der Waals surface area (Å²) in [6, 6.07) is 9.40. The van der Waals surface area contributed by atoms with Crippen LogP contribution in [0, 0.1) is 5.92 Å². The lowest BCUT2D eigenvalue weighted by Gasteiger charge is -2.14. The van der Waals surface area contributed by atoms with E-state index in [-0.39, 0.29) is 24.2 Å². The summed E-state index contributed by atoms with van der Waals surface area (Å²) in [7, 11) is 0. The van der Waals surface area contributed by atoms with E-state index in [2.05, 4.69) is 31.4 Å². The van der Waals surface area contributed by atoms with Gasteiger partial charge in [-0.05, 0) is 30.3 Å². The lowest BCUT2D eigenvalue weighted by molar-refractivity contribution is -0.126. The van der Waals surface area contributed by atoms with Crippen molar-refractivity contribution < 1.29 is 14.0 Å². The highest BCUT2D eigenvalue weighted by atomic mass is 79.9. The van der Waals surface area contributed by atoms with Gasteiger partial charge in [0.1, 0.15) is 5.76 Å². The van der Waals surface area contributed by atoms with Crippen LogP contribution in [0.15, 0.2) is 45.5 Å². The molecule has 3 aromatic rings. The predicted octanol–water partition coefficient (Wildman–Crippen LogP) is 2.63. The highest BCUT2D eigenvalue weighted by Crippen LogP contribution is 2.31. The van der Waals surface area contributed by atoms with E-state index in [1.165, 1.54) is 0 Å². The lowest BCUT2D eigenvalue weighted by atomic mass is 10.1. The molecule has 0 spiro atoms. The first-order valence-electron chi connectivity index (χ1n) is 8.36. The molecule has 0 radical (unpaired) electrons. The molecule has 3 heterocycles. The first-order valence-corrected chi connectivity index (χ1v) is 9.15. The Hall–Kier alpha value is -2.61. The second kappa shape index (κ2) is 6.95. The van der Waals surface area contributed by atoms with Crippen molar-refractivity contribution in [2.75, 3.05) is 18.0 Å². The number of hydrogen-bond donors (Lipinski definition) is 2. The van der Waals surface area contributed by atoms with Crippen LogP contribution in [-0.2, 0) is 16.0 Å². The predicted molar refractivity (Wildman–Crippen MR) is 99.7 cm³/mol. The third kappa shape index (κ3) is 3.24. The van der Waals surface area contributed by atoms with Crippen molar-refractivity contribution in [1.82, 2.24) is 15.5 Å². The first kappa shape index (κ1) is 16.8. The molecule has 1 saturated heterocycles. The van der Waals surface area contributed by atoms with E-state index in [0.29, 0.717) is 25.3 Å². The fourth-order valence-corrected chi connectivity index (χ4v) is 3.54. The second-order valence-corrected chi connectivity index (χ2v) is 7.18. The van der Waals surface area contributed by atoms with Crippen molar-refractivity contribution >= 4 is 44.5 Å². The quantitative estimate of drug-likeness (QED) is 0.668. The smallest absolute Gasteiger partial charge is 0.229 e. The van der Waals surface area contributed by atoms with Crippen LogP contribution in [0.1, 0.15) is 12.2 Å². The fraction of sp³-hybridized carbons (Fsp3) is 0.278. The molecule has 2 N–H and O–H groups in total. The van der Waals surface area contributed by atoms with Crippen molar-refractivity contribution in [3.05, 3.63) is 46.8 Å². The van der Waals surface area contributed by atoms with Gasteiger partial charge in [0.2, 0.25) is 11.8 Å². The maximum absolute atomic E-state index is 12.4. The molecule has 0 saturated carbocycles. The highest BCUT2D eigenvalue weighted by Gasteiger charge is 2.36. The van der Waals surface area contributed by atoms with E-state index in [1.807, 2.05) is 30.3 Å². The molecule has 1 atom stereocenters. The Kier molecular flexibility index (Phi) is 4.50. The largest absolute Gasteiger partial charge is 0.469 e. The normalized spacial score (nSPS) is 17.2. The average Bonchev–Trinajstić information content (AvgIpc) is 3.34. The van der Waals surface area contributed by atoms with Crippen LogP contribution in [0.5, 0.6) is 0 Å². The van der Waals surface area contributed by atoms with E-state index < -0.39 is 0 Å². The Morgan fingerprint density at radius 2 is 2.31 bits per heavy atom. The number of aromatic amines is 1. The van der Waals surface area contributed by atoms with Crippen molar-refractivity contribution in [1.29, 1.82) is 0 Å². The van der Waals surface area contributed by atoms with Gasteiger partial charge in [-0.2, -0.15) is 5.10 Å². The monoisotopic (exact) mass is 416 g/mol. The molecule has 7 nitrogen and oxygen atoms in total. The fourth-order valence-electron chi connectivity index (χ4n) is 3.18. The zero-order valence-corrected chi connectivity index (χ0v) is 15.5. The van der Waals surface area contributed by atoms with Gasteiger partial charge < -0.3 is 9.73 Å². The number of furan rings is 1. The molecule has 1 aliphatic heterocycles. The number of H-pyrrole nitrogens is 1. The molecule has 1 fully saturated rings. The van der Waals surface area contributed by atoms with Gasteiger partial charge in [-0.25, -0.2) is 0 Å². The molecule has 134 valence electrons. The number of hydrogen-bond acceptors (Lipinski definition) is 4. The minimum absolute atomic E-state index is 0.0903. The second-order valence-electron chi connectivity index (χ2n) is 6.26. The van der Waals surface area contributed by atoms with E-state index in [4.69, 9.17) is 4.42 Å². The molecule has 1 aliphatic rings. The number of aromatic nitrogens is 2. The molecular weight excluding hydrogens is 400 g/mol. The maximum Gasteiger partial charge on any atom is 0.229 e. The molecule has 4 rings (SSSR count). The van der Waals surface area contributed by atoms with Crippen molar-refractivity contribution in [2.24, 2.45) is 5.92 Å². The molecule has 0 aliphatic carbocycles. The number of nitrogens with one attached hydrogen (secondary N) is 2. The topological polar surface area (TPSA) is 91.2 Å². The van der Waals surface area contributed by atoms with Crippen LogP contribution >= 0.6 is 15.9 Å². The van der Waals surface area contributed by atoms with Gasteiger partial charge in [0.05, 0.1) is 17.7 Å². The number of carbonyl (C=O) groups is 2. The number of fused-ring (bicyclic) bond motifs is 1. The van der Waals surface area contributed by atoms with Gasteiger partial charge in [-0.15, -0.1) is 0 Å². The van der Waals surface area contributed by atoms with Crippen LogP contribution < -0.4 is 10.2 Å². The molecule has 2 aromatic heterocycles. The van der Waals surface area contributed by atoms with Gasteiger partial charge in [-0.1, -0.05) is 15.9 Å². The summed E-state index contributed by atoms with van der Waals surface area (Å²) in [4.78, 5) is 26.4. The molecule has 2 amide bonds. The number of amides is 2. The van der Waals surface area contributed by atoms with Crippen LogP contribution in [0.3, 0.4) is 0 Å². The molecular formula is C18H17BrN4O3. The van der Waals surface area contributed by atoms with Crippen LogP contribution in [0.25, 0.3) is 10.9 Å². The first-order chi connectivity index (χ1) is 12.6. The van der Waals surface area contributed by atoms with Gasteiger partial charge in [0, 0.05) is 35.8 Å². The Labute approximate surface area is 157 Å². The molecule has 1 aromatic carbocycles. The zero-order chi connectivity index (χ0) is 18.1. The van der Waals surface area contributed by atoms with Gasteiger partial charge in [0.15, 0.2) is 5.82 Å². The standard InChI is InChI=1S/C18H17BrN4O3/c19-12-3-4-14-15(9-12)21-22-17(14)23-10-11(8-16(23)24)18(25)20-6-5-13-2-1-7-26-13/h1-4,7,9,11H,5-6,8,10H2,(H,20,25)(H,21,22)/t11-/m0/s1. The SMILES string of the molecule is O=C(NCCc1ccco1)[C@H]1CC(=O)N(c2n[nH]c3cc(Br)ccc23)C1. The zero-order valence-electron chi connectivity index (χ0n) is 13.9. The van der Waals surface area contributed by atoms with E-state index in [9.17, 15) is 9.59 Å². The lowest BCUT2D eigenvalue weighted by Crippen LogP contribution is -2.34. The van der Waals surface area contributed by atoms with Crippen molar-refractivity contribution in [2.45, 2.75) is 12.8 Å². The number of halogens is 1. The summed E-state index contributed by atoms with van der Waals surface area (Å²) < 4.78 is 6.18. The summed E-state index contributed by atoms with van der Waals surface area (Å²) in [5.74, 6) is 0.816. The highest BCUT2D eigenvalue weighted by molar-refractivity contribution is 9.10. The maximum atomic E-state index is 12.4. The van der Waals surface area contributed by atoms with Crippen LogP contribution in [0.2, 0.25) is 0 Å². The Balaban J connectivity index is 1.42. The third-order valence-corrected chi connectivity index (χ3v) is 5.00. The Bertz CT molecular complexity index is 951. The Morgan fingerprint density at radius 3 is 3.12 bits per heavy atom. The van der Waals surface area contributed by atoms with Crippen molar-refractivity contribution in [3.63, 3.8) is 0 Å². The summed E-state index contributed by atoms with van der Waals surface area (Å²) in [5.41, 5.74) is 0.841. The van der Waals surface area contributed by atoms with E-state index in [0.717, 1.165) is 21.1 Å². The molecule has 8 heteroatoms. The van der Waals surface area contributed by atoms with Crippen LogP contribution in [0.4, 0.5) is 5.82 Å². The van der Waals surface area contributed by atoms with Gasteiger partial charge in [0.25, 0.3) is 0 Å². The van der Waals surface area contributed by atoms with Gasteiger partial charge in [-0.3, -0.25) is 19.6 Å². The summed E-state index contributed by atoms with van der Waals surface area (Å²) in [5, 5.41) is 11.0. The van der Waals surface area contributed by atoms with Gasteiger partial charge >= 0.3 is 0 Å². The molecule has 0 unspecified atom stereocenters. The number of anilines is 1. The third-order valence-electron chi connectivity index (χ3n) is 4.51. The van der Waals surface area contributed by atoms with Crippen LogP contribution in [-0.4, -0.2) is 35.1 Å². The number of rotatable bonds is 5. The number of benzene rings is 1.